The summed E-state index contributed by atoms with van der Waals surface area (Å²) in [6.07, 6.45) is 0. The Balaban J connectivity index is 1.18. The summed E-state index contributed by atoms with van der Waals surface area (Å²) >= 11 is 3.64. The summed E-state index contributed by atoms with van der Waals surface area (Å²) in [6, 6.07) is 56.0. The smallest absolute Gasteiger partial charge is 0.161 e. The molecular formula is C42H26N2S2. The van der Waals surface area contributed by atoms with Crippen LogP contribution < -0.4 is 0 Å². The Bertz CT molecular complexity index is 2470. The van der Waals surface area contributed by atoms with Crippen molar-refractivity contribution >= 4 is 52.9 Å². The Morgan fingerprint density at radius 2 is 0.978 bits per heavy atom. The predicted molar refractivity (Wildman–Crippen MR) is 197 cm³/mol. The Hall–Kier alpha value is -5.42. The molecule has 0 N–H and O–H groups in total. The van der Waals surface area contributed by atoms with Gasteiger partial charge in [-0.25, -0.2) is 9.97 Å². The molecule has 0 bridgehead atoms. The molecule has 46 heavy (non-hydrogen) atoms. The predicted octanol–water partition coefficient (Wildman–Crippen LogP) is 12.4. The molecule has 0 aliphatic rings. The first-order valence-corrected chi connectivity index (χ1v) is 17.0. The van der Waals surface area contributed by atoms with Gasteiger partial charge in [0.1, 0.15) is 0 Å². The van der Waals surface area contributed by atoms with E-state index in [1.807, 2.05) is 28.7 Å². The average molecular weight is 623 g/mol. The third-order valence-electron chi connectivity index (χ3n) is 8.55. The van der Waals surface area contributed by atoms with E-state index in [-0.39, 0.29) is 0 Å². The average Bonchev–Trinajstić information content (AvgIpc) is 3.74. The van der Waals surface area contributed by atoms with Crippen LogP contribution in [0.15, 0.2) is 158 Å². The maximum Gasteiger partial charge on any atom is 0.161 e. The molecule has 3 heterocycles. The van der Waals surface area contributed by atoms with Crippen molar-refractivity contribution in [3.8, 4) is 55.5 Å². The summed E-state index contributed by atoms with van der Waals surface area (Å²) in [7, 11) is 0. The highest BCUT2D eigenvalue weighted by Crippen LogP contribution is 2.40. The molecule has 2 nitrogen and oxygen atoms in total. The fraction of sp³-hybridized carbons (Fsp3) is 0. The quantitative estimate of drug-likeness (QED) is 0.191. The number of fused-ring (bicyclic) bond motifs is 4. The van der Waals surface area contributed by atoms with Gasteiger partial charge in [-0.1, -0.05) is 127 Å². The molecule has 0 saturated carbocycles. The zero-order valence-electron chi connectivity index (χ0n) is 24.7. The van der Waals surface area contributed by atoms with E-state index in [0.717, 1.165) is 33.9 Å². The molecule has 6 aromatic carbocycles. The first-order chi connectivity index (χ1) is 22.8. The van der Waals surface area contributed by atoms with Crippen LogP contribution in [-0.4, -0.2) is 9.97 Å². The lowest BCUT2D eigenvalue weighted by molar-refractivity contribution is 1.19. The lowest BCUT2D eigenvalue weighted by Gasteiger charge is -2.11. The van der Waals surface area contributed by atoms with E-state index in [9.17, 15) is 0 Å². The zero-order valence-corrected chi connectivity index (χ0v) is 26.4. The van der Waals surface area contributed by atoms with Gasteiger partial charge in [-0.3, -0.25) is 0 Å². The summed E-state index contributed by atoms with van der Waals surface area (Å²) in [6.45, 7) is 0. The second-order valence-corrected chi connectivity index (χ2v) is 13.5. The SMILES string of the molecule is c1ccc(-c2ccc(-c3cc(-c4ccc(-c5cc6ccccc6s5)cc4)nc(-c4cccc5c4sc4ccccc45)n3)cc2)cc1. The number of nitrogens with zero attached hydrogens (tertiary/aromatic N) is 2. The summed E-state index contributed by atoms with van der Waals surface area (Å²) in [5.41, 5.74) is 8.61. The minimum absolute atomic E-state index is 0.741. The van der Waals surface area contributed by atoms with Gasteiger partial charge in [0.05, 0.1) is 11.4 Å². The van der Waals surface area contributed by atoms with Crippen LogP contribution in [0.25, 0.3) is 85.7 Å². The normalized spacial score (nSPS) is 11.5. The fourth-order valence-corrected chi connectivity index (χ4v) is 8.46. The molecule has 216 valence electrons. The van der Waals surface area contributed by atoms with Crippen LogP contribution in [0.1, 0.15) is 0 Å². The van der Waals surface area contributed by atoms with Gasteiger partial charge in [-0.15, -0.1) is 22.7 Å². The molecular weight excluding hydrogens is 597 g/mol. The molecule has 0 saturated heterocycles. The molecule has 0 atom stereocenters. The lowest BCUT2D eigenvalue weighted by atomic mass is 10.0. The van der Waals surface area contributed by atoms with E-state index in [1.54, 1.807) is 0 Å². The van der Waals surface area contributed by atoms with Gasteiger partial charge in [-0.05, 0) is 52.4 Å². The van der Waals surface area contributed by atoms with Crippen molar-refractivity contribution in [1.29, 1.82) is 0 Å². The Labute approximate surface area is 274 Å². The van der Waals surface area contributed by atoms with E-state index in [0.29, 0.717) is 0 Å². The maximum absolute atomic E-state index is 5.22. The van der Waals surface area contributed by atoms with Crippen molar-refractivity contribution < 1.29 is 0 Å². The van der Waals surface area contributed by atoms with Crippen LogP contribution >= 0.6 is 22.7 Å². The number of thiophene rings is 2. The van der Waals surface area contributed by atoms with Crippen LogP contribution in [0, 0.1) is 0 Å². The van der Waals surface area contributed by atoms with Gasteiger partial charge < -0.3 is 0 Å². The van der Waals surface area contributed by atoms with Gasteiger partial charge in [0.15, 0.2) is 5.82 Å². The molecule has 0 spiro atoms. The molecule has 0 amide bonds. The van der Waals surface area contributed by atoms with E-state index in [1.165, 1.54) is 51.8 Å². The zero-order chi connectivity index (χ0) is 30.5. The number of hydrogen-bond donors (Lipinski definition) is 0. The van der Waals surface area contributed by atoms with Gasteiger partial charge in [0.2, 0.25) is 0 Å². The van der Waals surface area contributed by atoms with E-state index >= 15 is 0 Å². The molecule has 0 aliphatic heterocycles. The molecule has 4 heteroatoms. The van der Waals surface area contributed by atoms with E-state index in [4.69, 9.17) is 9.97 Å². The Morgan fingerprint density at radius 1 is 0.391 bits per heavy atom. The summed E-state index contributed by atoms with van der Waals surface area (Å²) in [4.78, 5) is 11.7. The maximum atomic E-state index is 5.22. The van der Waals surface area contributed by atoms with Crippen molar-refractivity contribution in [1.82, 2.24) is 9.97 Å². The third-order valence-corrected chi connectivity index (χ3v) is 10.9. The monoisotopic (exact) mass is 622 g/mol. The third kappa shape index (κ3) is 4.80. The Kier molecular flexibility index (Phi) is 6.55. The standard InChI is InChI=1S/C42H26N2S2/c1-2-9-27(10-3-1)28-17-19-29(20-18-28)36-26-37(30-21-23-31(24-22-30)40-25-32-11-4-6-15-38(32)45-40)44-42(43-36)35-14-8-13-34-33-12-5-7-16-39(33)46-41(34)35/h1-26H. The minimum atomic E-state index is 0.741. The van der Waals surface area contributed by atoms with Gasteiger partial charge in [0.25, 0.3) is 0 Å². The first-order valence-electron chi connectivity index (χ1n) is 15.3. The highest BCUT2D eigenvalue weighted by Gasteiger charge is 2.16. The van der Waals surface area contributed by atoms with E-state index in [2.05, 4.69) is 152 Å². The van der Waals surface area contributed by atoms with Crippen LogP contribution in [-0.2, 0) is 0 Å². The van der Waals surface area contributed by atoms with Crippen LogP contribution in [0.2, 0.25) is 0 Å². The largest absolute Gasteiger partial charge is 0.228 e. The number of hydrogen-bond acceptors (Lipinski definition) is 4. The molecule has 9 rings (SSSR count). The molecule has 0 aliphatic carbocycles. The molecule has 0 unspecified atom stereocenters. The van der Waals surface area contributed by atoms with Gasteiger partial charge in [0, 0.05) is 46.4 Å². The molecule has 3 aromatic heterocycles. The second kappa shape index (κ2) is 11.2. The van der Waals surface area contributed by atoms with Gasteiger partial charge >= 0.3 is 0 Å². The van der Waals surface area contributed by atoms with Crippen LogP contribution in [0.3, 0.4) is 0 Å². The number of aromatic nitrogens is 2. The van der Waals surface area contributed by atoms with Crippen molar-refractivity contribution in [2.45, 2.75) is 0 Å². The topological polar surface area (TPSA) is 25.8 Å². The molecule has 0 fully saturated rings. The Morgan fingerprint density at radius 3 is 1.72 bits per heavy atom. The summed E-state index contributed by atoms with van der Waals surface area (Å²) < 4.78 is 3.79. The van der Waals surface area contributed by atoms with Crippen molar-refractivity contribution in [3.05, 3.63) is 158 Å². The highest BCUT2D eigenvalue weighted by atomic mass is 32.1. The van der Waals surface area contributed by atoms with Crippen molar-refractivity contribution in [2.75, 3.05) is 0 Å². The fourth-order valence-electron chi connectivity index (χ4n) is 6.18. The second-order valence-electron chi connectivity index (χ2n) is 11.4. The summed E-state index contributed by atoms with van der Waals surface area (Å²) in [5.74, 6) is 0.741. The number of rotatable bonds is 5. The van der Waals surface area contributed by atoms with Crippen molar-refractivity contribution in [3.63, 3.8) is 0 Å². The minimum Gasteiger partial charge on any atom is -0.228 e. The molecule has 9 aromatic rings. The van der Waals surface area contributed by atoms with Crippen LogP contribution in [0.4, 0.5) is 0 Å². The van der Waals surface area contributed by atoms with E-state index < -0.39 is 0 Å². The number of benzene rings is 6. The van der Waals surface area contributed by atoms with Gasteiger partial charge in [-0.2, -0.15) is 0 Å². The molecule has 0 radical (unpaired) electrons. The highest BCUT2D eigenvalue weighted by molar-refractivity contribution is 7.26. The van der Waals surface area contributed by atoms with Crippen molar-refractivity contribution in [2.24, 2.45) is 0 Å². The lowest BCUT2D eigenvalue weighted by Crippen LogP contribution is -1.96. The summed E-state index contributed by atoms with van der Waals surface area (Å²) in [5, 5.41) is 3.80. The van der Waals surface area contributed by atoms with Crippen LogP contribution in [0.5, 0.6) is 0 Å². The first kappa shape index (κ1) is 26.9.